The van der Waals surface area contributed by atoms with Crippen LogP contribution >= 0.6 is 0 Å². The van der Waals surface area contributed by atoms with E-state index in [2.05, 4.69) is 9.93 Å². The number of hydrogen-bond acceptors (Lipinski definition) is 6. The van der Waals surface area contributed by atoms with Gasteiger partial charge in [-0.1, -0.05) is 12.1 Å². The summed E-state index contributed by atoms with van der Waals surface area (Å²) in [6.45, 7) is 3.74. The van der Waals surface area contributed by atoms with Gasteiger partial charge in [-0.25, -0.2) is 0 Å². The van der Waals surface area contributed by atoms with E-state index in [0.29, 0.717) is 28.4 Å². The third-order valence-electron chi connectivity index (χ3n) is 4.04. The van der Waals surface area contributed by atoms with Gasteiger partial charge in [0.25, 0.3) is 10.0 Å². The summed E-state index contributed by atoms with van der Waals surface area (Å²) in [6.07, 6.45) is 1.29. The molecule has 29 heavy (non-hydrogen) atoms. The Morgan fingerprint density at radius 3 is 2.62 bits per heavy atom. The summed E-state index contributed by atoms with van der Waals surface area (Å²) < 4.78 is 36.0. The lowest BCUT2D eigenvalue weighted by Crippen LogP contribution is -2.19. The average Bonchev–Trinajstić information content (AvgIpc) is 3.16. The summed E-state index contributed by atoms with van der Waals surface area (Å²) >= 11 is 0. The molecule has 1 aromatic heterocycles. The Balaban J connectivity index is 1.60. The van der Waals surface area contributed by atoms with Gasteiger partial charge < -0.3 is 9.15 Å². The lowest BCUT2D eigenvalue weighted by atomic mass is 10.2. The molecule has 0 bridgehead atoms. The van der Waals surface area contributed by atoms with Gasteiger partial charge in [0.15, 0.2) is 0 Å². The van der Waals surface area contributed by atoms with Crippen molar-refractivity contribution in [2.45, 2.75) is 25.3 Å². The third-order valence-corrected chi connectivity index (χ3v) is 5.41. The Kier molecular flexibility index (Phi) is 6.00. The molecule has 0 saturated heterocycles. The predicted molar refractivity (Wildman–Crippen MR) is 108 cm³/mol. The Morgan fingerprint density at radius 1 is 1.14 bits per heavy atom. The van der Waals surface area contributed by atoms with Crippen LogP contribution in [-0.2, 0) is 16.6 Å². The van der Waals surface area contributed by atoms with E-state index in [1.54, 1.807) is 55.5 Å². The van der Waals surface area contributed by atoms with E-state index in [1.807, 2.05) is 19.1 Å². The second-order valence-electron chi connectivity index (χ2n) is 6.35. The maximum absolute atomic E-state index is 12.4. The molecule has 0 radical (unpaired) electrons. The number of sulfonamides is 1. The molecule has 0 atom stereocenters. The van der Waals surface area contributed by atoms with Crippen LogP contribution in [-0.4, -0.2) is 14.6 Å². The van der Waals surface area contributed by atoms with E-state index >= 15 is 0 Å². The molecule has 0 fully saturated rings. The van der Waals surface area contributed by atoms with Gasteiger partial charge in [-0.3, -0.25) is 0 Å². The number of hydrogen-bond donors (Lipinski definition) is 1. The second kappa shape index (κ2) is 8.63. The van der Waals surface area contributed by atoms with Gasteiger partial charge in [-0.05, 0) is 67.4 Å². The van der Waals surface area contributed by atoms with Crippen molar-refractivity contribution in [1.82, 2.24) is 4.83 Å². The molecule has 7 nitrogen and oxygen atoms in total. The number of nitriles is 1. The van der Waals surface area contributed by atoms with Crippen molar-refractivity contribution in [2.75, 3.05) is 0 Å². The number of rotatable bonds is 7. The Labute approximate surface area is 169 Å². The van der Waals surface area contributed by atoms with Crippen LogP contribution < -0.4 is 9.57 Å². The molecule has 0 spiro atoms. The van der Waals surface area contributed by atoms with Crippen LogP contribution in [0.5, 0.6) is 5.75 Å². The van der Waals surface area contributed by atoms with Crippen molar-refractivity contribution in [2.24, 2.45) is 5.10 Å². The summed E-state index contributed by atoms with van der Waals surface area (Å²) in [4.78, 5) is 2.38. The molecule has 1 N–H and O–H groups in total. The van der Waals surface area contributed by atoms with Gasteiger partial charge in [0, 0.05) is 0 Å². The minimum Gasteiger partial charge on any atom is -0.486 e. The zero-order chi connectivity index (χ0) is 20.9. The van der Waals surface area contributed by atoms with Crippen molar-refractivity contribution in [3.63, 3.8) is 0 Å². The van der Waals surface area contributed by atoms with Crippen LogP contribution in [0.1, 0.15) is 28.2 Å². The molecule has 0 unspecified atom stereocenters. The van der Waals surface area contributed by atoms with Crippen LogP contribution in [0.2, 0.25) is 0 Å². The van der Waals surface area contributed by atoms with Crippen LogP contribution in [0, 0.1) is 25.2 Å². The average molecular weight is 409 g/mol. The number of hydrazone groups is 1. The monoisotopic (exact) mass is 409 g/mol. The van der Waals surface area contributed by atoms with Crippen LogP contribution in [0.3, 0.4) is 0 Å². The Bertz CT molecular complexity index is 1170. The minimum atomic E-state index is -3.77. The first-order valence-corrected chi connectivity index (χ1v) is 10.2. The SMILES string of the molecule is Cc1ccc(C)c(S(=O)(=O)N/N=C/c2ccc(COc3ccc(C#N)cc3)o2)c1. The fourth-order valence-corrected chi connectivity index (χ4v) is 3.65. The topological polar surface area (TPSA) is 105 Å². The molecule has 8 heteroatoms. The van der Waals surface area contributed by atoms with Gasteiger partial charge in [0.05, 0.1) is 22.7 Å². The highest BCUT2D eigenvalue weighted by atomic mass is 32.2. The third kappa shape index (κ3) is 5.24. The molecule has 3 aromatic rings. The number of benzene rings is 2. The van der Waals surface area contributed by atoms with Crippen LogP contribution in [0.4, 0.5) is 0 Å². The summed E-state index contributed by atoms with van der Waals surface area (Å²) in [5.41, 5.74) is 2.04. The number of ether oxygens (including phenoxy) is 1. The first-order valence-electron chi connectivity index (χ1n) is 8.71. The molecule has 0 aliphatic heterocycles. The molecule has 0 aliphatic carbocycles. The van der Waals surface area contributed by atoms with E-state index in [4.69, 9.17) is 14.4 Å². The van der Waals surface area contributed by atoms with Crippen molar-refractivity contribution >= 4 is 16.2 Å². The lowest BCUT2D eigenvalue weighted by molar-refractivity contribution is 0.270. The van der Waals surface area contributed by atoms with Crippen LogP contribution in [0.15, 0.2) is 69.0 Å². The van der Waals surface area contributed by atoms with Gasteiger partial charge in [0.1, 0.15) is 23.9 Å². The Hall–Kier alpha value is -3.57. The first kappa shape index (κ1) is 20.2. The van der Waals surface area contributed by atoms with E-state index < -0.39 is 10.0 Å². The molecule has 1 heterocycles. The second-order valence-corrected chi connectivity index (χ2v) is 7.98. The fourth-order valence-electron chi connectivity index (χ4n) is 2.53. The summed E-state index contributed by atoms with van der Waals surface area (Å²) in [5.74, 6) is 1.54. The summed E-state index contributed by atoms with van der Waals surface area (Å²) in [5, 5.41) is 12.6. The molecular formula is C21H19N3O4S. The number of furan rings is 1. The van der Waals surface area contributed by atoms with Gasteiger partial charge in [-0.2, -0.15) is 23.6 Å². The largest absolute Gasteiger partial charge is 0.486 e. The zero-order valence-corrected chi connectivity index (χ0v) is 16.7. The Morgan fingerprint density at radius 2 is 1.90 bits per heavy atom. The van der Waals surface area contributed by atoms with Crippen molar-refractivity contribution in [3.05, 3.63) is 82.8 Å². The lowest BCUT2D eigenvalue weighted by Gasteiger charge is -2.07. The standard InChI is InChI=1S/C21H19N3O4S/c1-15-3-4-16(2)21(11-15)29(25,26)24-23-13-19-9-10-20(28-19)14-27-18-7-5-17(12-22)6-8-18/h3-11,13,24H,14H2,1-2H3/b23-13+. The predicted octanol–water partition coefficient (Wildman–Crippen LogP) is 3.66. The smallest absolute Gasteiger partial charge is 0.276 e. The van der Waals surface area contributed by atoms with Gasteiger partial charge in [0.2, 0.25) is 0 Å². The van der Waals surface area contributed by atoms with E-state index in [0.717, 1.165) is 5.56 Å². The summed E-state index contributed by atoms with van der Waals surface area (Å²) in [6, 6.07) is 17.3. The molecule has 0 saturated carbocycles. The molecular weight excluding hydrogens is 390 g/mol. The molecule has 0 aliphatic rings. The van der Waals surface area contributed by atoms with E-state index in [9.17, 15) is 8.42 Å². The molecule has 148 valence electrons. The van der Waals surface area contributed by atoms with E-state index in [-0.39, 0.29) is 11.5 Å². The van der Waals surface area contributed by atoms with Crippen molar-refractivity contribution in [3.8, 4) is 11.8 Å². The molecule has 0 amide bonds. The van der Waals surface area contributed by atoms with Gasteiger partial charge in [-0.15, -0.1) is 0 Å². The maximum atomic E-state index is 12.4. The minimum absolute atomic E-state index is 0.186. The normalized spacial score (nSPS) is 11.3. The van der Waals surface area contributed by atoms with Crippen molar-refractivity contribution in [1.29, 1.82) is 5.26 Å². The number of nitrogens with zero attached hydrogens (tertiary/aromatic N) is 2. The highest BCUT2D eigenvalue weighted by Gasteiger charge is 2.15. The maximum Gasteiger partial charge on any atom is 0.276 e. The highest BCUT2D eigenvalue weighted by Crippen LogP contribution is 2.17. The molecule has 3 rings (SSSR count). The fraction of sp³-hybridized carbons (Fsp3) is 0.143. The first-order chi connectivity index (χ1) is 13.9. The molecule has 2 aromatic carbocycles. The van der Waals surface area contributed by atoms with Gasteiger partial charge >= 0.3 is 0 Å². The van der Waals surface area contributed by atoms with Crippen LogP contribution in [0.25, 0.3) is 0 Å². The zero-order valence-electron chi connectivity index (χ0n) is 15.9. The van der Waals surface area contributed by atoms with Crippen molar-refractivity contribution < 1.29 is 17.6 Å². The number of nitrogens with one attached hydrogen (secondary N) is 1. The highest BCUT2D eigenvalue weighted by molar-refractivity contribution is 7.89. The van der Waals surface area contributed by atoms with E-state index in [1.165, 1.54) is 6.21 Å². The summed E-state index contributed by atoms with van der Waals surface area (Å²) in [7, 11) is -3.77. The quantitative estimate of drug-likeness (QED) is 0.474. The number of aryl methyl sites for hydroxylation is 2.